The third kappa shape index (κ3) is 1.62. The molecule has 12 heavy (non-hydrogen) atoms. The predicted molar refractivity (Wildman–Crippen MR) is 51.6 cm³/mol. The molecule has 0 N–H and O–H groups in total. The van der Waals surface area contributed by atoms with Crippen molar-refractivity contribution in [3.05, 3.63) is 0 Å². The summed E-state index contributed by atoms with van der Waals surface area (Å²) in [4.78, 5) is 11.2. The molecule has 1 aliphatic rings. The van der Waals surface area contributed by atoms with Gasteiger partial charge in [-0.1, -0.05) is 20.3 Å². The Morgan fingerprint density at radius 3 is 2.58 bits per heavy atom. The minimum absolute atomic E-state index is 0.128. The summed E-state index contributed by atoms with van der Waals surface area (Å²) in [6.07, 6.45) is 2.86. The minimum atomic E-state index is -0.562. The third-order valence-electron chi connectivity index (χ3n) is 2.83. The Hall–Kier alpha value is 0.250. The van der Waals surface area contributed by atoms with Crippen LogP contribution in [0.1, 0.15) is 33.1 Å². The van der Waals surface area contributed by atoms with Gasteiger partial charge in [-0.15, -0.1) is 23.2 Å². The van der Waals surface area contributed by atoms with Crippen molar-refractivity contribution in [1.82, 2.24) is 0 Å². The molecule has 2 unspecified atom stereocenters. The molecule has 1 fully saturated rings. The van der Waals surface area contributed by atoms with Crippen LogP contribution in [0.25, 0.3) is 0 Å². The monoisotopic (exact) mass is 208 g/mol. The zero-order chi connectivity index (χ0) is 9.35. The fourth-order valence-electron chi connectivity index (χ4n) is 1.81. The summed E-state index contributed by atoms with van der Waals surface area (Å²) < 4.78 is 0. The Kier molecular flexibility index (Phi) is 3.06. The van der Waals surface area contributed by atoms with Gasteiger partial charge in [0, 0.05) is 5.92 Å². The van der Waals surface area contributed by atoms with Gasteiger partial charge in [-0.05, 0) is 12.8 Å². The summed E-state index contributed by atoms with van der Waals surface area (Å²) in [5.41, 5.74) is -0.499. The number of hydrogen-bond acceptors (Lipinski definition) is 1. The maximum Gasteiger partial charge on any atom is 0.144 e. The van der Waals surface area contributed by atoms with Crippen molar-refractivity contribution in [2.45, 2.75) is 37.9 Å². The molecule has 0 radical (unpaired) electrons. The summed E-state index contributed by atoms with van der Waals surface area (Å²) in [5.74, 6) is 0.354. The first kappa shape index (κ1) is 10.3. The molecule has 0 spiro atoms. The molecule has 0 aliphatic heterocycles. The normalized spacial score (nSPS) is 37.4. The molecule has 1 saturated carbocycles. The van der Waals surface area contributed by atoms with E-state index in [9.17, 15) is 4.79 Å². The molecule has 0 aromatic rings. The maximum atomic E-state index is 11.7. The molecule has 2 atom stereocenters. The number of alkyl halides is 2. The third-order valence-corrected chi connectivity index (χ3v) is 3.79. The molecule has 0 aromatic heterocycles. The molecule has 0 aromatic carbocycles. The maximum absolute atomic E-state index is 11.7. The van der Waals surface area contributed by atoms with Crippen molar-refractivity contribution in [3.8, 4) is 0 Å². The lowest BCUT2D eigenvalue weighted by molar-refractivity contribution is -0.133. The van der Waals surface area contributed by atoms with Gasteiger partial charge in [0.1, 0.15) is 10.6 Å². The quantitative estimate of drug-likeness (QED) is 0.606. The SMILES string of the molecule is CC1CCCC(C)(C(Cl)Cl)C1=O. The number of carbonyl (C=O) groups is 1. The molecule has 0 saturated heterocycles. The number of rotatable bonds is 1. The molecule has 1 aliphatic carbocycles. The number of Topliss-reactive ketones (excluding diaryl/α,β-unsaturated/α-hetero) is 1. The van der Waals surface area contributed by atoms with Crippen molar-refractivity contribution in [3.63, 3.8) is 0 Å². The van der Waals surface area contributed by atoms with E-state index in [0.29, 0.717) is 0 Å². The minimum Gasteiger partial charge on any atom is -0.299 e. The van der Waals surface area contributed by atoms with E-state index in [-0.39, 0.29) is 11.7 Å². The highest BCUT2D eigenvalue weighted by Gasteiger charge is 2.43. The van der Waals surface area contributed by atoms with Crippen LogP contribution >= 0.6 is 23.2 Å². The molecule has 0 heterocycles. The van der Waals surface area contributed by atoms with Crippen molar-refractivity contribution in [2.24, 2.45) is 11.3 Å². The summed E-state index contributed by atoms with van der Waals surface area (Å²) in [7, 11) is 0. The van der Waals surface area contributed by atoms with Crippen LogP contribution in [0.4, 0.5) is 0 Å². The van der Waals surface area contributed by atoms with Crippen molar-refractivity contribution in [2.75, 3.05) is 0 Å². The number of halogens is 2. The van der Waals surface area contributed by atoms with Gasteiger partial charge in [0.05, 0.1) is 5.41 Å². The van der Waals surface area contributed by atoms with Gasteiger partial charge in [-0.25, -0.2) is 0 Å². The lowest BCUT2D eigenvalue weighted by atomic mass is 9.71. The van der Waals surface area contributed by atoms with Crippen LogP contribution in [0.15, 0.2) is 0 Å². The van der Waals surface area contributed by atoms with Gasteiger partial charge in [0.15, 0.2) is 0 Å². The Labute approximate surface area is 83.4 Å². The first-order valence-corrected chi connectivity index (χ1v) is 5.18. The van der Waals surface area contributed by atoms with E-state index in [1.165, 1.54) is 0 Å². The molecule has 1 rings (SSSR count). The summed E-state index contributed by atoms with van der Waals surface area (Å²) in [6, 6.07) is 0. The summed E-state index contributed by atoms with van der Waals surface area (Å²) in [5, 5.41) is 0. The Balaban J connectivity index is 2.81. The Morgan fingerprint density at radius 2 is 2.17 bits per heavy atom. The Morgan fingerprint density at radius 1 is 1.58 bits per heavy atom. The molecular weight excluding hydrogens is 195 g/mol. The standard InChI is InChI=1S/C9H14Cl2O/c1-6-4-3-5-9(2,7(6)12)8(10)11/h6,8H,3-5H2,1-2H3. The van der Waals surface area contributed by atoms with Gasteiger partial charge in [0.2, 0.25) is 0 Å². The largest absolute Gasteiger partial charge is 0.299 e. The van der Waals surface area contributed by atoms with Crippen LogP contribution in [0.2, 0.25) is 0 Å². The fourth-order valence-corrected chi connectivity index (χ4v) is 2.24. The summed E-state index contributed by atoms with van der Waals surface area (Å²) in [6.45, 7) is 3.82. The number of ketones is 1. The summed E-state index contributed by atoms with van der Waals surface area (Å²) >= 11 is 11.6. The highest BCUT2D eigenvalue weighted by atomic mass is 35.5. The molecule has 0 amide bonds. The molecule has 70 valence electrons. The predicted octanol–water partition coefficient (Wildman–Crippen LogP) is 3.19. The first-order chi connectivity index (χ1) is 5.48. The highest BCUT2D eigenvalue weighted by Crippen LogP contribution is 2.42. The van der Waals surface area contributed by atoms with E-state index in [1.54, 1.807) is 0 Å². The van der Waals surface area contributed by atoms with E-state index < -0.39 is 10.3 Å². The molecule has 0 bridgehead atoms. The van der Waals surface area contributed by atoms with Crippen LogP contribution in [0, 0.1) is 11.3 Å². The van der Waals surface area contributed by atoms with Crippen molar-refractivity contribution >= 4 is 29.0 Å². The van der Waals surface area contributed by atoms with Crippen LogP contribution in [-0.4, -0.2) is 10.6 Å². The fraction of sp³-hybridized carbons (Fsp3) is 0.889. The van der Waals surface area contributed by atoms with Gasteiger partial charge in [0.25, 0.3) is 0 Å². The van der Waals surface area contributed by atoms with Crippen molar-refractivity contribution in [1.29, 1.82) is 0 Å². The second kappa shape index (κ2) is 3.55. The van der Waals surface area contributed by atoms with Gasteiger partial charge in [-0.2, -0.15) is 0 Å². The topological polar surface area (TPSA) is 17.1 Å². The van der Waals surface area contributed by atoms with E-state index in [1.807, 2.05) is 13.8 Å². The van der Waals surface area contributed by atoms with Gasteiger partial charge >= 0.3 is 0 Å². The van der Waals surface area contributed by atoms with Crippen LogP contribution in [0.5, 0.6) is 0 Å². The average molecular weight is 209 g/mol. The molecule has 1 nitrogen and oxygen atoms in total. The van der Waals surface area contributed by atoms with E-state index in [4.69, 9.17) is 23.2 Å². The second-order valence-electron chi connectivity index (χ2n) is 3.88. The molecular formula is C9H14Cl2O. The Bertz CT molecular complexity index is 191. The van der Waals surface area contributed by atoms with Crippen molar-refractivity contribution < 1.29 is 4.79 Å². The lowest BCUT2D eigenvalue weighted by Crippen LogP contribution is -2.41. The van der Waals surface area contributed by atoms with E-state index in [2.05, 4.69) is 0 Å². The number of hydrogen-bond donors (Lipinski definition) is 0. The van der Waals surface area contributed by atoms with E-state index in [0.717, 1.165) is 19.3 Å². The molecule has 3 heteroatoms. The second-order valence-corrected chi connectivity index (χ2v) is 4.97. The zero-order valence-electron chi connectivity index (χ0n) is 7.44. The highest BCUT2D eigenvalue weighted by molar-refractivity contribution is 6.46. The van der Waals surface area contributed by atoms with Gasteiger partial charge < -0.3 is 0 Å². The van der Waals surface area contributed by atoms with E-state index >= 15 is 0 Å². The smallest absolute Gasteiger partial charge is 0.144 e. The lowest BCUT2D eigenvalue weighted by Gasteiger charge is -2.36. The zero-order valence-corrected chi connectivity index (χ0v) is 8.95. The first-order valence-electron chi connectivity index (χ1n) is 4.31. The van der Waals surface area contributed by atoms with Gasteiger partial charge in [-0.3, -0.25) is 4.79 Å². The average Bonchev–Trinajstić information content (AvgIpc) is 2.00. The number of carbonyl (C=O) groups excluding carboxylic acids is 1. The van der Waals surface area contributed by atoms with Crippen LogP contribution in [0.3, 0.4) is 0 Å². The van der Waals surface area contributed by atoms with Crippen LogP contribution < -0.4 is 0 Å². The van der Waals surface area contributed by atoms with Crippen LogP contribution in [-0.2, 0) is 4.79 Å².